The van der Waals surface area contributed by atoms with Gasteiger partial charge in [0.2, 0.25) is 0 Å². The number of esters is 1. The first-order valence-corrected chi connectivity index (χ1v) is 6.79. The van der Waals surface area contributed by atoms with Crippen LogP contribution in [-0.4, -0.2) is 25.0 Å². The molecule has 0 radical (unpaired) electrons. The summed E-state index contributed by atoms with van der Waals surface area (Å²) in [6.07, 6.45) is 0.885. The van der Waals surface area contributed by atoms with Crippen molar-refractivity contribution in [1.29, 1.82) is 0 Å². The first kappa shape index (κ1) is 15.5. The number of amides is 1. The number of ether oxygens (including phenoxy) is 1. The van der Waals surface area contributed by atoms with Crippen molar-refractivity contribution in [2.75, 3.05) is 13.2 Å². The van der Waals surface area contributed by atoms with Crippen LogP contribution in [-0.2, 0) is 15.4 Å². The van der Waals surface area contributed by atoms with Crippen molar-refractivity contribution in [3.8, 4) is 0 Å². The van der Waals surface area contributed by atoms with Crippen molar-refractivity contribution in [3.63, 3.8) is 0 Å². The van der Waals surface area contributed by atoms with Crippen LogP contribution in [0.5, 0.6) is 0 Å². The summed E-state index contributed by atoms with van der Waals surface area (Å²) in [7, 11) is 0. The van der Waals surface area contributed by atoms with Crippen LogP contribution in [0.3, 0.4) is 0 Å². The zero-order valence-electron chi connectivity index (χ0n) is 10.9. The lowest BCUT2D eigenvalue weighted by Crippen LogP contribution is -2.25. The molecule has 0 aliphatic carbocycles. The first-order chi connectivity index (χ1) is 9.17. The topological polar surface area (TPSA) is 55.4 Å². The Morgan fingerprint density at radius 2 is 2.16 bits per heavy atom. The number of carbonyl (C=O) groups excluding carboxylic acids is 2. The second kappa shape index (κ2) is 8.53. The van der Waals surface area contributed by atoms with Crippen molar-refractivity contribution in [1.82, 2.24) is 5.32 Å². The predicted molar refractivity (Wildman–Crippen MR) is 74.2 cm³/mol. The summed E-state index contributed by atoms with van der Waals surface area (Å²) in [5.74, 6) is -0.0130. The monoisotopic (exact) mass is 283 g/mol. The number of hydrogen-bond acceptors (Lipinski definition) is 3. The molecule has 1 aromatic rings. The van der Waals surface area contributed by atoms with Gasteiger partial charge >= 0.3 is 5.97 Å². The number of halogens is 1. The number of benzene rings is 1. The maximum absolute atomic E-state index is 11.8. The summed E-state index contributed by atoms with van der Waals surface area (Å²) in [6, 6.07) is 7.15. The molecule has 0 heterocycles. The molecule has 4 nitrogen and oxygen atoms in total. The summed E-state index contributed by atoms with van der Waals surface area (Å²) >= 11 is 5.71. The van der Waals surface area contributed by atoms with Gasteiger partial charge in [0.25, 0.3) is 5.91 Å². The van der Waals surface area contributed by atoms with Crippen LogP contribution in [0.15, 0.2) is 24.3 Å². The Bertz CT molecular complexity index is 434. The van der Waals surface area contributed by atoms with Crippen LogP contribution in [0.4, 0.5) is 0 Å². The lowest BCUT2D eigenvalue weighted by atomic mass is 10.1. The van der Waals surface area contributed by atoms with Crippen molar-refractivity contribution in [2.24, 2.45) is 0 Å². The summed E-state index contributed by atoms with van der Waals surface area (Å²) in [5.41, 5.74) is 1.48. The highest BCUT2D eigenvalue weighted by molar-refractivity contribution is 6.17. The van der Waals surface area contributed by atoms with Crippen molar-refractivity contribution in [3.05, 3.63) is 35.4 Å². The van der Waals surface area contributed by atoms with Gasteiger partial charge in [-0.15, -0.1) is 11.6 Å². The molecule has 0 saturated heterocycles. The minimum Gasteiger partial charge on any atom is -0.466 e. The third-order valence-electron chi connectivity index (χ3n) is 2.49. The van der Waals surface area contributed by atoms with E-state index in [2.05, 4.69) is 5.32 Å². The van der Waals surface area contributed by atoms with Gasteiger partial charge in [-0.05, 0) is 31.0 Å². The van der Waals surface area contributed by atoms with E-state index in [4.69, 9.17) is 16.3 Å². The van der Waals surface area contributed by atoms with E-state index in [1.165, 1.54) is 0 Å². The average Bonchev–Trinajstić information content (AvgIpc) is 2.43. The average molecular weight is 284 g/mol. The molecule has 0 saturated carbocycles. The molecule has 1 aromatic carbocycles. The van der Waals surface area contributed by atoms with E-state index in [1.54, 1.807) is 25.1 Å². The third kappa shape index (κ3) is 5.75. The minimum absolute atomic E-state index is 0.157. The van der Waals surface area contributed by atoms with Crippen molar-refractivity contribution >= 4 is 23.5 Å². The zero-order valence-corrected chi connectivity index (χ0v) is 11.7. The molecule has 0 spiro atoms. The molecule has 0 fully saturated rings. The molecule has 104 valence electrons. The van der Waals surface area contributed by atoms with Crippen LogP contribution in [0, 0.1) is 0 Å². The third-order valence-corrected chi connectivity index (χ3v) is 2.80. The summed E-state index contributed by atoms with van der Waals surface area (Å²) in [6.45, 7) is 2.60. The van der Waals surface area contributed by atoms with E-state index in [-0.39, 0.29) is 11.9 Å². The molecule has 0 aliphatic heterocycles. The number of hydrogen-bond donors (Lipinski definition) is 1. The number of carbonyl (C=O) groups is 2. The summed E-state index contributed by atoms with van der Waals surface area (Å²) in [4.78, 5) is 22.9. The van der Waals surface area contributed by atoms with Crippen LogP contribution < -0.4 is 5.32 Å². The highest BCUT2D eigenvalue weighted by Gasteiger charge is 2.06. The fourth-order valence-corrected chi connectivity index (χ4v) is 1.73. The second-order valence-corrected chi connectivity index (χ2v) is 4.27. The molecule has 0 aliphatic rings. The summed E-state index contributed by atoms with van der Waals surface area (Å²) in [5, 5.41) is 2.76. The van der Waals surface area contributed by atoms with E-state index in [1.807, 2.05) is 6.07 Å². The standard InChI is InChI=1S/C14H18ClNO3/c1-2-19-13(17)7-4-8-16-14(18)12-6-3-5-11(9-12)10-15/h3,5-6,9H,2,4,7-8,10H2,1H3,(H,16,18). The molecule has 1 N–H and O–H groups in total. The van der Waals surface area contributed by atoms with Gasteiger partial charge in [0.1, 0.15) is 0 Å². The van der Waals surface area contributed by atoms with E-state index in [0.29, 0.717) is 37.4 Å². The molecule has 0 unspecified atom stereocenters. The maximum atomic E-state index is 11.8. The largest absolute Gasteiger partial charge is 0.466 e. The normalized spacial score (nSPS) is 10.0. The van der Waals surface area contributed by atoms with E-state index in [0.717, 1.165) is 5.56 Å². The zero-order chi connectivity index (χ0) is 14.1. The molecule has 0 aromatic heterocycles. The fraction of sp³-hybridized carbons (Fsp3) is 0.429. The van der Waals surface area contributed by atoms with Crippen LogP contribution in [0.2, 0.25) is 0 Å². The SMILES string of the molecule is CCOC(=O)CCCNC(=O)c1cccc(CCl)c1. The van der Waals surface area contributed by atoms with Crippen molar-refractivity contribution in [2.45, 2.75) is 25.6 Å². The van der Waals surface area contributed by atoms with Crippen LogP contribution >= 0.6 is 11.6 Å². The molecule has 1 amide bonds. The Morgan fingerprint density at radius 1 is 1.37 bits per heavy atom. The minimum atomic E-state index is -0.235. The van der Waals surface area contributed by atoms with Crippen LogP contribution in [0.25, 0.3) is 0 Å². The van der Waals surface area contributed by atoms with Gasteiger partial charge in [-0.25, -0.2) is 0 Å². The Morgan fingerprint density at radius 3 is 2.84 bits per heavy atom. The highest BCUT2D eigenvalue weighted by atomic mass is 35.5. The fourth-order valence-electron chi connectivity index (χ4n) is 1.57. The van der Waals surface area contributed by atoms with Gasteiger partial charge in [0.15, 0.2) is 0 Å². The molecule has 5 heteroatoms. The Labute approximate surface area is 118 Å². The molecular formula is C14H18ClNO3. The lowest BCUT2D eigenvalue weighted by molar-refractivity contribution is -0.143. The molecule has 0 atom stereocenters. The smallest absolute Gasteiger partial charge is 0.305 e. The number of alkyl halides is 1. The van der Waals surface area contributed by atoms with Crippen LogP contribution in [0.1, 0.15) is 35.7 Å². The van der Waals surface area contributed by atoms with Gasteiger partial charge in [0.05, 0.1) is 6.61 Å². The molecule has 1 rings (SSSR count). The van der Waals surface area contributed by atoms with E-state index in [9.17, 15) is 9.59 Å². The molecule has 19 heavy (non-hydrogen) atoms. The highest BCUT2D eigenvalue weighted by Crippen LogP contribution is 2.07. The van der Waals surface area contributed by atoms with Gasteiger partial charge in [0, 0.05) is 24.4 Å². The van der Waals surface area contributed by atoms with Gasteiger partial charge in [-0.3, -0.25) is 9.59 Å². The van der Waals surface area contributed by atoms with E-state index < -0.39 is 0 Å². The van der Waals surface area contributed by atoms with Gasteiger partial charge < -0.3 is 10.1 Å². The van der Waals surface area contributed by atoms with Crippen molar-refractivity contribution < 1.29 is 14.3 Å². The lowest BCUT2D eigenvalue weighted by Gasteiger charge is -2.06. The molecular weight excluding hydrogens is 266 g/mol. The predicted octanol–water partition coefficient (Wildman–Crippen LogP) is 2.50. The van der Waals surface area contributed by atoms with E-state index >= 15 is 0 Å². The second-order valence-electron chi connectivity index (χ2n) is 4.00. The number of nitrogens with one attached hydrogen (secondary N) is 1. The van der Waals surface area contributed by atoms with Gasteiger partial charge in [-0.1, -0.05) is 12.1 Å². The Hall–Kier alpha value is -1.55. The maximum Gasteiger partial charge on any atom is 0.305 e. The molecule has 0 bridgehead atoms. The Balaban J connectivity index is 2.33. The summed E-state index contributed by atoms with van der Waals surface area (Å²) < 4.78 is 4.80. The number of rotatable bonds is 7. The quantitative estimate of drug-likeness (QED) is 0.475. The first-order valence-electron chi connectivity index (χ1n) is 6.26. The Kier molecular flexibility index (Phi) is 6.97. The van der Waals surface area contributed by atoms with Gasteiger partial charge in [-0.2, -0.15) is 0 Å².